The topological polar surface area (TPSA) is 68.0 Å². The average Bonchev–Trinajstić information content (AvgIpc) is 3.02. The van der Waals surface area contributed by atoms with Crippen molar-refractivity contribution in [1.29, 1.82) is 0 Å². The zero-order chi connectivity index (χ0) is 15.9. The summed E-state index contributed by atoms with van der Waals surface area (Å²) >= 11 is 1.59. The molecule has 0 fully saturated rings. The molecular weight excluding hydrogens is 298 g/mol. The van der Waals surface area contributed by atoms with Crippen LogP contribution < -0.4 is 0 Å². The number of fused-ring (bicyclic) bond motifs is 1. The Kier molecular flexibility index (Phi) is 4.04. The summed E-state index contributed by atoms with van der Waals surface area (Å²) in [6, 6.07) is 0. The Labute approximate surface area is 134 Å². The first-order chi connectivity index (χ1) is 10.5. The van der Waals surface area contributed by atoms with Crippen LogP contribution in [0.25, 0.3) is 5.13 Å². The highest BCUT2D eigenvalue weighted by atomic mass is 32.1. The van der Waals surface area contributed by atoms with E-state index < -0.39 is 5.97 Å². The van der Waals surface area contributed by atoms with Gasteiger partial charge in [-0.05, 0) is 38.0 Å². The van der Waals surface area contributed by atoms with Crippen LogP contribution in [0.3, 0.4) is 0 Å². The van der Waals surface area contributed by atoms with Crippen molar-refractivity contribution in [3.8, 4) is 5.13 Å². The number of aryl methyl sites for hydroxylation is 1. The van der Waals surface area contributed by atoms with Gasteiger partial charge >= 0.3 is 5.97 Å². The number of carboxylic acids is 1. The second-order valence-electron chi connectivity index (χ2n) is 6.27. The van der Waals surface area contributed by atoms with Crippen LogP contribution >= 0.6 is 11.3 Å². The van der Waals surface area contributed by atoms with E-state index in [0.29, 0.717) is 0 Å². The third kappa shape index (κ3) is 2.67. The van der Waals surface area contributed by atoms with E-state index in [0.717, 1.165) is 47.0 Å². The Morgan fingerprint density at radius 3 is 2.91 bits per heavy atom. The third-order valence-electron chi connectivity index (χ3n) is 4.18. The van der Waals surface area contributed by atoms with Gasteiger partial charge in [-0.1, -0.05) is 13.8 Å². The largest absolute Gasteiger partial charge is 0.481 e. The molecule has 1 aliphatic rings. The van der Waals surface area contributed by atoms with Gasteiger partial charge in [-0.3, -0.25) is 4.79 Å². The van der Waals surface area contributed by atoms with Crippen LogP contribution in [0.2, 0.25) is 0 Å². The maximum atomic E-state index is 11.2. The van der Waals surface area contributed by atoms with E-state index in [9.17, 15) is 9.90 Å². The number of nitrogens with zero attached hydrogens (tertiary/aromatic N) is 3. The van der Waals surface area contributed by atoms with Crippen LogP contribution in [-0.2, 0) is 11.2 Å². The summed E-state index contributed by atoms with van der Waals surface area (Å²) in [6.45, 7) is 6.21. The number of aliphatic carboxylic acids is 1. The van der Waals surface area contributed by atoms with Crippen LogP contribution in [0.5, 0.6) is 0 Å². The van der Waals surface area contributed by atoms with Crippen molar-refractivity contribution in [2.75, 3.05) is 0 Å². The first kappa shape index (κ1) is 15.2. The number of carbonyl (C=O) groups is 1. The lowest BCUT2D eigenvalue weighted by Crippen LogP contribution is -2.15. The molecule has 0 radical (unpaired) electrons. The molecule has 0 spiro atoms. The van der Waals surface area contributed by atoms with E-state index in [1.165, 1.54) is 0 Å². The lowest BCUT2D eigenvalue weighted by Gasteiger charge is -2.23. The highest BCUT2D eigenvalue weighted by molar-refractivity contribution is 7.12. The summed E-state index contributed by atoms with van der Waals surface area (Å²) in [4.78, 5) is 15.8. The lowest BCUT2D eigenvalue weighted by atomic mass is 9.81. The summed E-state index contributed by atoms with van der Waals surface area (Å²) in [5.41, 5.74) is 4.36. The molecule has 3 rings (SSSR count). The summed E-state index contributed by atoms with van der Waals surface area (Å²) in [6.07, 6.45) is 3.08. The van der Waals surface area contributed by atoms with Gasteiger partial charge in [0.05, 0.1) is 23.5 Å². The molecule has 1 atom stereocenters. The molecule has 0 amide bonds. The summed E-state index contributed by atoms with van der Waals surface area (Å²) in [5.74, 6) is -0.371. The van der Waals surface area contributed by atoms with Gasteiger partial charge in [0.15, 0.2) is 0 Å². The zero-order valence-electron chi connectivity index (χ0n) is 13.2. The molecule has 2 aromatic rings. The Bertz CT molecular complexity index is 702. The molecule has 0 aromatic carbocycles. The van der Waals surface area contributed by atoms with Crippen LogP contribution in [0.1, 0.15) is 67.6 Å². The monoisotopic (exact) mass is 319 g/mol. The average molecular weight is 319 g/mol. The van der Waals surface area contributed by atoms with Crippen LogP contribution in [0, 0.1) is 6.92 Å². The highest BCUT2D eigenvalue weighted by Crippen LogP contribution is 2.40. The van der Waals surface area contributed by atoms with Crippen molar-refractivity contribution < 1.29 is 9.90 Å². The molecule has 1 aliphatic carbocycles. The van der Waals surface area contributed by atoms with Crippen molar-refractivity contribution in [1.82, 2.24) is 14.8 Å². The van der Waals surface area contributed by atoms with E-state index in [2.05, 4.69) is 18.8 Å². The zero-order valence-corrected chi connectivity index (χ0v) is 14.0. The van der Waals surface area contributed by atoms with Gasteiger partial charge < -0.3 is 5.11 Å². The SMILES string of the molecule is Cc1csc(-n2nc(C(C)C)c3c2CCCC3CC(=O)O)n1. The van der Waals surface area contributed by atoms with Crippen molar-refractivity contribution in [2.45, 2.75) is 58.3 Å². The van der Waals surface area contributed by atoms with Crippen molar-refractivity contribution >= 4 is 17.3 Å². The predicted molar refractivity (Wildman–Crippen MR) is 86.0 cm³/mol. The number of hydrogen-bond acceptors (Lipinski definition) is 4. The second kappa shape index (κ2) is 5.83. The smallest absolute Gasteiger partial charge is 0.303 e. The normalized spacial score (nSPS) is 17.7. The molecule has 0 bridgehead atoms. The fourth-order valence-electron chi connectivity index (χ4n) is 3.27. The minimum absolute atomic E-state index is 0.0773. The second-order valence-corrected chi connectivity index (χ2v) is 7.11. The molecule has 22 heavy (non-hydrogen) atoms. The first-order valence-corrected chi connectivity index (χ1v) is 8.61. The van der Waals surface area contributed by atoms with Crippen molar-refractivity contribution in [2.24, 2.45) is 0 Å². The molecule has 6 heteroatoms. The maximum Gasteiger partial charge on any atom is 0.303 e. The third-order valence-corrected chi connectivity index (χ3v) is 5.11. The number of thiazole rings is 1. The summed E-state index contributed by atoms with van der Waals surface area (Å²) in [5, 5.41) is 16.9. The van der Waals surface area contributed by atoms with E-state index in [1.54, 1.807) is 11.3 Å². The molecule has 0 saturated heterocycles. The fourth-order valence-corrected chi connectivity index (χ4v) is 4.04. The van der Waals surface area contributed by atoms with Crippen molar-refractivity contribution in [3.05, 3.63) is 28.0 Å². The molecule has 118 valence electrons. The Balaban J connectivity index is 2.13. The van der Waals surface area contributed by atoms with Gasteiger partial charge in [0.1, 0.15) is 0 Å². The van der Waals surface area contributed by atoms with Crippen LogP contribution in [0.4, 0.5) is 0 Å². The minimum Gasteiger partial charge on any atom is -0.481 e. The fraction of sp³-hybridized carbons (Fsp3) is 0.562. The van der Waals surface area contributed by atoms with E-state index in [-0.39, 0.29) is 18.3 Å². The van der Waals surface area contributed by atoms with Gasteiger partial charge in [0.25, 0.3) is 0 Å². The summed E-state index contributed by atoms with van der Waals surface area (Å²) < 4.78 is 1.95. The molecule has 0 saturated carbocycles. The van der Waals surface area contributed by atoms with Crippen LogP contribution in [-0.4, -0.2) is 25.8 Å². The van der Waals surface area contributed by atoms with Gasteiger partial charge in [0, 0.05) is 10.9 Å². The van der Waals surface area contributed by atoms with Crippen LogP contribution in [0.15, 0.2) is 5.38 Å². The molecule has 1 N–H and O–H groups in total. The molecule has 2 heterocycles. The lowest BCUT2D eigenvalue weighted by molar-refractivity contribution is -0.137. The van der Waals surface area contributed by atoms with E-state index >= 15 is 0 Å². The van der Waals surface area contributed by atoms with E-state index in [1.807, 2.05) is 17.0 Å². The Morgan fingerprint density at radius 2 is 2.32 bits per heavy atom. The predicted octanol–water partition coefficient (Wildman–Crippen LogP) is 3.66. The molecule has 5 nitrogen and oxygen atoms in total. The first-order valence-electron chi connectivity index (χ1n) is 7.73. The van der Waals surface area contributed by atoms with E-state index in [4.69, 9.17) is 5.10 Å². The van der Waals surface area contributed by atoms with Gasteiger partial charge in [-0.2, -0.15) is 5.10 Å². The quantitative estimate of drug-likeness (QED) is 0.934. The maximum absolute atomic E-state index is 11.2. The van der Waals surface area contributed by atoms with Crippen molar-refractivity contribution in [3.63, 3.8) is 0 Å². The standard InChI is InChI=1S/C16H21N3O2S/c1-9(2)15-14-11(7-13(20)21)5-4-6-12(14)19(18-15)16-17-10(3)8-22-16/h8-9,11H,4-7H2,1-3H3,(H,20,21). The van der Waals surface area contributed by atoms with Gasteiger partial charge in [0.2, 0.25) is 5.13 Å². The molecule has 1 unspecified atom stereocenters. The van der Waals surface area contributed by atoms with Gasteiger partial charge in [-0.15, -0.1) is 11.3 Å². The number of rotatable bonds is 4. The molecule has 2 aromatic heterocycles. The summed E-state index contributed by atoms with van der Waals surface area (Å²) in [7, 11) is 0. The number of aromatic nitrogens is 3. The van der Waals surface area contributed by atoms with Gasteiger partial charge in [-0.25, -0.2) is 9.67 Å². The molecular formula is C16H21N3O2S. The molecule has 0 aliphatic heterocycles. The number of hydrogen-bond donors (Lipinski definition) is 1. The Morgan fingerprint density at radius 1 is 1.55 bits per heavy atom. The minimum atomic E-state index is -0.731. The highest BCUT2D eigenvalue weighted by Gasteiger charge is 2.31. The Hall–Kier alpha value is -1.69. The number of carboxylic acid groups (broad SMARTS) is 1.